The zero-order valence-electron chi connectivity index (χ0n) is 21.0. The van der Waals surface area contributed by atoms with Crippen molar-refractivity contribution in [1.82, 2.24) is 0 Å². The smallest absolute Gasteiger partial charge is 0.191 e. The van der Waals surface area contributed by atoms with E-state index in [1.54, 1.807) is 0 Å². The summed E-state index contributed by atoms with van der Waals surface area (Å²) < 4.78 is 6.26. The Morgan fingerprint density at radius 1 is 0.621 bits per heavy atom. The Hall–Kier alpha value is -0.343. The minimum atomic E-state index is -1.53. The molecule has 0 heterocycles. The van der Waals surface area contributed by atoms with Crippen molar-refractivity contribution in [3.63, 3.8) is 0 Å². The Balaban J connectivity index is 3.31. The van der Waals surface area contributed by atoms with Crippen LogP contribution in [0.1, 0.15) is 124 Å². The lowest BCUT2D eigenvalue weighted by Crippen LogP contribution is -2.40. The number of allylic oxidation sites excluding steroid dienone is 4. The molecule has 0 aliphatic carbocycles. The lowest BCUT2D eigenvalue weighted by molar-refractivity contribution is 0.277. The molecule has 0 spiro atoms. The van der Waals surface area contributed by atoms with Gasteiger partial charge in [-0.3, -0.25) is 0 Å². The van der Waals surface area contributed by atoms with Gasteiger partial charge < -0.3 is 4.43 Å². The van der Waals surface area contributed by atoms with E-state index in [-0.39, 0.29) is 0 Å². The van der Waals surface area contributed by atoms with Gasteiger partial charge in [0.05, 0.1) is 0 Å². The van der Waals surface area contributed by atoms with Crippen molar-refractivity contribution in [3.05, 3.63) is 24.3 Å². The van der Waals surface area contributed by atoms with E-state index in [0.29, 0.717) is 5.04 Å². The molecule has 0 bridgehead atoms. The van der Waals surface area contributed by atoms with Crippen LogP contribution in [0.3, 0.4) is 0 Å². The van der Waals surface area contributed by atoms with Gasteiger partial charge in [0.1, 0.15) is 0 Å². The van der Waals surface area contributed by atoms with Gasteiger partial charge in [-0.1, -0.05) is 110 Å². The molecule has 0 aromatic carbocycles. The molecule has 0 saturated carbocycles. The summed E-state index contributed by atoms with van der Waals surface area (Å²) >= 11 is 0. The van der Waals surface area contributed by atoms with Crippen molar-refractivity contribution in [1.29, 1.82) is 0 Å². The van der Waals surface area contributed by atoms with Crippen molar-refractivity contribution in [2.75, 3.05) is 6.61 Å². The predicted molar refractivity (Wildman–Crippen MR) is 136 cm³/mol. The molecule has 0 saturated heterocycles. The van der Waals surface area contributed by atoms with Gasteiger partial charge in [0.2, 0.25) is 0 Å². The molecule has 0 radical (unpaired) electrons. The molecule has 2 heteroatoms. The third kappa shape index (κ3) is 18.2. The van der Waals surface area contributed by atoms with E-state index in [0.717, 1.165) is 13.0 Å². The Bertz CT molecular complexity index is 403. The number of hydrogen-bond acceptors (Lipinski definition) is 1. The second-order valence-corrected chi connectivity index (χ2v) is 15.1. The summed E-state index contributed by atoms with van der Waals surface area (Å²) in [5.41, 5.74) is 0. The summed E-state index contributed by atoms with van der Waals surface area (Å²) in [7, 11) is -1.53. The van der Waals surface area contributed by atoms with E-state index in [1.807, 2.05) is 0 Å². The van der Waals surface area contributed by atoms with Gasteiger partial charge in [0, 0.05) is 6.61 Å². The number of hydrogen-bond donors (Lipinski definition) is 0. The molecular formula is C27H54OSi. The van der Waals surface area contributed by atoms with Crippen LogP contribution in [0.2, 0.25) is 18.1 Å². The van der Waals surface area contributed by atoms with Crippen LogP contribution in [0.5, 0.6) is 0 Å². The van der Waals surface area contributed by atoms with Crippen LogP contribution in [0, 0.1) is 0 Å². The average molecular weight is 423 g/mol. The third-order valence-electron chi connectivity index (χ3n) is 6.36. The molecule has 0 aliphatic rings. The van der Waals surface area contributed by atoms with Crippen molar-refractivity contribution in [3.8, 4) is 0 Å². The minimum Gasteiger partial charge on any atom is -0.417 e. The fraction of sp³-hybridized carbons (Fsp3) is 0.852. The van der Waals surface area contributed by atoms with Crippen molar-refractivity contribution in [2.45, 2.75) is 142 Å². The Morgan fingerprint density at radius 3 is 1.55 bits per heavy atom. The number of rotatable bonds is 19. The third-order valence-corrected chi connectivity index (χ3v) is 10.9. The normalized spacial score (nSPS) is 13.2. The summed E-state index contributed by atoms with van der Waals surface area (Å²) in [4.78, 5) is 0. The molecule has 172 valence electrons. The van der Waals surface area contributed by atoms with Gasteiger partial charge in [-0.25, -0.2) is 0 Å². The monoisotopic (exact) mass is 422 g/mol. The van der Waals surface area contributed by atoms with Crippen LogP contribution in [0.15, 0.2) is 24.3 Å². The first kappa shape index (κ1) is 28.7. The molecule has 0 aromatic rings. The van der Waals surface area contributed by atoms with Crippen LogP contribution in [-0.2, 0) is 4.43 Å². The van der Waals surface area contributed by atoms with Gasteiger partial charge in [-0.2, -0.15) is 0 Å². The van der Waals surface area contributed by atoms with Crippen LogP contribution >= 0.6 is 0 Å². The maximum atomic E-state index is 6.26. The van der Waals surface area contributed by atoms with E-state index >= 15 is 0 Å². The molecule has 0 fully saturated rings. The molecule has 0 aliphatic heterocycles. The highest BCUT2D eigenvalue weighted by atomic mass is 28.4. The van der Waals surface area contributed by atoms with E-state index in [9.17, 15) is 0 Å². The fourth-order valence-corrected chi connectivity index (χ4v) is 4.25. The van der Waals surface area contributed by atoms with Gasteiger partial charge >= 0.3 is 0 Å². The SMILES string of the molecule is CCCCC/C=C\C/C=C\CCCCCCCCCCCO[Si](C)(C)C(C)(C)C. The summed E-state index contributed by atoms with van der Waals surface area (Å²) in [6.45, 7) is 14.9. The second kappa shape index (κ2) is 18.4. The van der Waals surface area contributed by atoms with Crippen molar-refractivity contribution < 1.29 is 4.43 Å². The minimum absolute atomic E-state index is 0.341. The highest BCUT2D eigenvalue weighted by molar-refractivity contribution is 6.74. The van der Waals surface area contributed by atoms with Crippen LogP contribution in [0.25, 0.3) is 0 Å². The quantitative estimate of drug-likeness (QED) is 0.114. The second-order valence-electron chi connectivity index (χ2n) is 10.3. The van der Waals surface area contributed by atoms with E-state index < -0.39 is 8.32 Å². The number of unbranched alkanes of at least 4 members (excludes halogenated alkanes) is 12. The van der Waals surface area contributed by atoms with Gasteiger partial charge in [-0.15, -0.1) is 0 Å². The molecule has 0 rings (SSSR count). The Morgan fingerprint density at radius 2 is 1.07 bits per heavy atom. The molecular weight excluding hydrogens is 368 g/mol. The fourth-order valence-electron chi connectivity index (χ4n) is 3.16. The largest absolute Gasteiger partial charge is 0.417 e. The van der Waals surface area contributed by atoms with Crippen molar-refractivity contribution >= 4 is 8.32 Å². The molecule has 0 atom stereocenters. The standard InChI is InChI=1S/C27H54OSi/c1-7-8-9-10-11-12-13-14-15-16-17-18-19-20-21-22-23-24-25-26-28-29(5,6)27(2,3)4/h11-12,14-15H,7-10,13,16-26H2,1-6H3/b12-11-,15-14-. The Kier molecular flexibility index (Phi) is 18.2. The molecule has 0 amide bonds. The average Bonchev–Trinajstić information content (AvgIpc) is 2.65. The summed E-state index contributed by atoms with van der Waals surface area (Å²) in [5.74, 6) is 0. The van der Waals surface area contributed by atoms with Gasteiger partial charge in [-0.05, 0) is 56.7 Å². The van der Waals surface area contributed by atoms with Crippen LogP contribution < -0.4 is 0 Å². The first-order valence-corrected chi connectivity index (χ1v) is 15.7. The lowest BCUT2D eigenvalue weighted by atomic mass is 10.1. The molecule has 29 heavy (non-hydrogen) atoms. The van der Waals surface area contributed by atoms with E-state index in [1.165, 1.54) is 89.9 Å². The highest BCUT2D eigenvalue weighted by Crippen LogP contribution is 2.36. The Labute approximate surface area is 185 Å². The zero-order chi connectivity index (χ0) is 21.8. The maximum Gasteiger partial charge on any atom is 0.191 e. The molecule has 0 N–H and O–H groups in total. The van der Waals surface area contributed by atoms with Crippen LogP contribution in [0.4, 0.5) is 0 Å². The van der Waals surface area contributed by atoms with E-state index in [2.05, 4.69) is 65.1 Å². The maximum absolute atomic E-state index is 6.26. The van der Waals surface area contributed by atoms with Crippen molar-refractivity contribution in [2.24, 2.45) is 0 Å². The first-order chi connectivity index (χ1) is 13.8. The lowest BCUT2D eigenvalue weighted by Gasteiger charge is -2.36. The molecule has 0 aromatic heterocycles. The van der Waals surface area contributed by atoms with Gasteiger partial charge in [0.25, 0.3) is 0 Å². The van der Waals surface area contributed by atoms with Gasteiger partial charge in [0.15, 0.2) is 8.32 Å². The highest BCUT2D eigenvalue weighted by Gasteiger charge is 2.36. The first-order valence-electron chi connectivity index (χ1n) is 12.7. The summed E-state index contributed by atoms with van der Waals surface area (Å²) in [6.07, 6.45) is 29.5. The zero-order valence-corrected chi connectivity index (χ0v) is 22.0. The predicted octanol–water partition coefficient (Wildman–Crippen LogP) is 9.99. The van der Waals surface area contributed by atoms with E-state index in [4.69, 9.17) is 4.43 Å². The topological polar surface area (TPSA) is 9.23 Å². The summed E-state index contributed by atoms with van der Waals surface area (Å²) in [5, 5.41) is 0.341. The molecule has 0 unspecified atom stereocenters. The molecule has 1 nitrogen and oxygen atoms in total. The van der Waals surface area contributed by atoms with Crippen LogP contribution in [-0.4, -0.2) is 14.9 Å². The summed E-state index contributed by atoms with van der Waals surface area (Å²) in [6, 6.07) is 0.